The molecule has 32 heavy (non-hydrogen) atoms. The summed E-state index contributed by atoms with van der Waals surface area (Å²) in [6.45, 7) is 12.7. The minimum Gasteiger partial charge on any atom is -0.345 e. The average molecular weight is 431 g/mol. The molecule has 166 valence electrons. The van der Waals surface area contributed by atoms with Crippen LogP contribution in [0.25, 0.3) is 22.3 Å². The Bertz CT molecular complexity index is 1310. The summed E-state index contributed by atoms with van der Waals surface area (Å²) in [5, 5.41) is 13.1. The summed E-state index contributed by atoms with van der Waals surface area (Å²) in [4.78, 5) is 18.4. The van der Waals surface area contributed by atoms with E-state index in [2.05, 4.69) is 34.6 Å². The first kappa shape index (κ1) is 21.7. The van der Waals surface area contributed by atoms with Crippen molar-refractivity contribution in [2.24, 2.45) is 7.05 Å². The second-order valence-corrected chi connectivity index (χ2v) is 8.42. The molecule has 0 aliphatic carbocycles. The van der Waals surface area contributed by atoms with Crippen molar-refractivity contribution < 1.29 is 4.79 Å². The van der Waals surface area contributed by atoms with Gasteiger partial charge in [-0.2, -0.15) is 10.2 Å². The van der Waals surface area contributed by atoms with E-state index in [9.17, 15) is 4.79 Å². The Morgan fingerprint density at radius 1 is 1.06 bits per heavy atom. The molecule has 3 heterocycles. The van der Waals surface area contributed by atoms with Gasteiger partial charge in [-0.25, -0.2) is 9.67 Å². The molecule has 4 rings (SSSR count). The van der Waals surface area contributed by atoms with Crippen molar-refractivity contribution in [2.75, 3.05) is 0 Å². The summed E-state index contributed by atoms with van der Waals surface area (Å²) < 4.78 is 3.71. The Hall–Kier alpha value is -3.48. The molecule has 0 radical (unpaired) electrons. The van der Waals surface area contributed by atoms with Crippen molar-refractivity contribution in [2.45, 2.75) is 54.1 Å². The first-order valence-electron chi connectivity index (χ1n) is 11.0. The summed E-state index contributed by atoms with van der Waals surface area (Å²) in [7, 11) is 1.92. The van der Waals surface area contributed by atoms with E-state index < -0.39 is 0 Å². The number of pyridine rings is 1. The van der Waals surface area contributed by atoms with Crippen LogP contribution in [0, 0.1) is 27.7 Å². The van der Waals surface area contributed by atoms with Crippen LogP contribution in [-0.4, -0.2) is 30.5 Å². The van der Waals surface area contributed by atoms with Crippen LogP contribution in [0.5, 0.6) is 0 Å². The van der Waals surface area contributed by atoms with Crippen molar-refractivity contribution >= 4 is 16.9 Å². The lowest BCUT2D eigenvalue weighted by molar-refractivity contribution is 0.0941. The zero-order valence-corrected chi connectivity index (χ0v) is 19.8. The summed E-state index contributed by atoms with van der Waals surface area (Å²) >= 11 is 0. The van der Waals surface area contributed by atoms with Crippen LogP contribution in [0.3, 0.4) is 0 Å². The molecule has 0 spiro atoms. The molecule has 1 aromatic carbocycles. The molecule has 0 saturated carbocycles. The Morgan fingerprint density at radius 2 is 1.75 bits per heavy atom. The van der Waals surface area contributed by atoms with Crippen LogP contribution < -0.4 is 5.32 Å². The van der Waals surface area contributed by atoms with Gasteiger partial charge < -0.3 is 5.32 Å². The van der Waals surface area contributed by atoms with Gasteiger partial charge >= 0.3 is 0 Å². The molecular weight excluding hydrogens is 400 g/mol. The van der Waals surface area contributed by atoms with Crippen LogP contribution in [-0.2, 0) is 13.6 Å². The fourth-order valence-corrected chi connectivity index (χ4v) is 4.39. The minimum absolute atomic E-state index is 0.139. The Balaban J connectivity index is 1.82. The highest BCUT2D eigenvalue weighted by Gasteiger charge is 2.23. The van der Waals surface area contributed by atoms with Gasteiger partial charge in [0, 0.05) is 30.4 Å². The Morgan fingerprint density at radius 3 is 2.34 bits per heavy atom. The topological polar surface area (TPSA) is 77.6 Å². The second kappa shape index (κ2) is 8.22. The number of aromatic nitrogens is 5. The van der Waals surface area contributed by atoms with Gasteiger partial charge in [0.15, 0.2) is 5.65 Å². The van der Waals surface area contributed by atoms with E-state index in [1.165, 1.54) is 5.56 Å². The van der Waals surface area contributed by atoms with Gasteiger partial charge in [0.2, 0.25) is 0 Å². The third kappa shape index (κ3) is 3.68. The number of carbonyl (C=O) groups excluding carboxylic acids is 1. The quantitative estimate of drug-likeness (QED) is 0.503. The predicted octanol–water partition coefficient (Wildman–Crippen LogP) is 4.58. The third-order valence-corrected chi connectivity index (χ3v) is 6.11. The number of fused-ring (bicyclic) bond motifs is 1. The molecule has 0 aliphatic heterocycles. The third-order valence-electron chi connectivity index (χ3n) is 6.11. The maximum atomic E-state index is 13.6. The average Bonchev–Trinajstić information content (AvgIpc) is 3.22. The van der Waals surface area contributed by atoms with Gasteiger partial charge in [-0.05, 0) is 47.6 Å². The lowest BCUT2D eigenvalue weighted by Gasteiger charge is -2.16. The number of hydrogen-bond acceptors (Lipinski definition) is 4. The number of rotatable bonds is 5. The van der Waals surface area contributed by atoms with E-state index in [1.807, 2.05) is 69.2 Å². The summed E-state index contributed by atoms with van der Waals surface area (Å²) in [6.07, 6.45) is 0. The number of hydrogen-bond donors (Lipinski definition) is 1. The number of amides is 1. The Kier molecular flexibility index (Phi) is 5.59. The highest BCUT2D eigenvalue weighted by molar-refractivity contribution is 6.07. The number of aryl methyl sites for hydroxylation is 5. The van der Waals surface area contributed by atoms with E-state index in [-0.39, 0.29) is 11.9 Å². The van der Waals surface area contributed by atoms with E-state index in [4.69, 9.17) is 4.98 Å². The lowest BCUT2D eigenvalue weighted by atomic mass is 10.0. The fourth-order valence-electron chi connectivity index (χ4n) is 4.39. The van der Waals surface area contributed by atoms with Crippen LogP contribution >= 0.6 is 0 Å². The molecule has 0 fully saturated rings. The van der Waals surface area contributed by atoms with Crippen LogP contribution in [0.1, 0.15) is 58.5 Å². The van der Waals surface area contributed by atoms with Gasteiger partial charge in [-0.15, -0.1) is 0 Å². The second-order valence-electron chi connectivity index (χ2n) is 8.42. The van der Waals surface area contributed by atoms with Gasteiger partial charge in [-0.1, -0.05) is 29.8 Å². The van der Waals surface area contributed by atoms with E-state index in [1.54, 1.807) is 0 Å². The molecule has 4 aromatic rings. The SMILES string of the molecule is CCn1nc(C)c2c(C(=O)N[C@@H](C)c3c(C)nn(C)c3C)cc(-c3ccc(C)cc3)nc21. The molecule has 1 amide bonds. The molecule has 0 unspecified atom stereocenters. The maximum Gasteiger partial charge on any atom is 0.252 e. The molecule has 7 heteroatoms. The van der Waals surface area contributed by atoms with Gasteiger partial charge in [-0.3, -0.25) is 9.48 Å². The minimum atomic E-state index is -0.177. The van der Waals surface area contributed by atoms with Gasteiger partial charge in [0.1, 0.15) is 0 Å². The largest absolute Gasteiger partial charge is 0.345 e. The van der Waals surface area contributed by atoms with Crippen LogP contribution in [0.4, 0.5) is 0 Å². The van der Waals surface area contributed by atoms with Crippen molar-refractivity contribution in [3.05, 3.63) is 64.1 Å². The molecule has 3 aromatic heterocycles. The summed E-state index contributed by atoms with van der Waals surface area (Å²) in [5.74, 6) is -0.139. The Labute approximate surface area is 188 Å². The highest BCUT2D eigenvalue weighted by atomic mass is 16.1. The van der Waals surface area contributed by atoms with E-state index in [0.29, 0.717) is 12.1 Å². The zero-order valence-electron chi connectivity index (χ0n) is 19.8. The number of benzene rings is 1. The first-order chi connectivity index (χ1) is 15.2. The monoisotopic (exact) mass is 430 g/mol. The van der Waals surface area contributed by atoms with Gasteiger partial charge in [0.05, 0.1) is 34.1 Å². The van der Waals surface area contributed by atoms with Crippen molar-refractivity contribution in [1.82, 2.24) is 29.9 Å². The van der Waals surface area contributed by atoms with Crippen molar-refractivity contribution in [3.63, 3.8) is 0 Å². The normalized spacial score (nSPS) is 12.3. The van der Waals surface area contributed by atoms with Crippen LogP contribution in [0.15, 0.2) is 30.3 Å². The summed E-state index contributed by atoms with van der Waals surface area (Å²) in [5.41, 5.74) is 8.06. The van der Waals surface area contributed by atoms with Crippen molar-refractivity contribution in [1.29, 1.82) is 0 Å². The predicted molar refractivity (Wildman–Crippen MR) is 127 cm³/mol. The van der Waals surface area contributed by atoms with Crippen molar-refractivity contribution in [3.8, 4) is 11.3 Å². The maximum absolute atomic E-state index is 13.6. The standard InChI is InChI=1S/C25H30N6O/c1-8-31-24-23(17(5)29-31)20(13-21(27-24)19-11-9-14(2)10-12-19)25(32)26-15(3)22-16(4)28-30(7)18(22)6/h9-13,15H,8H2,1-7H3,(H,26,32)/t15-/m0/s1. The fraction of sp³-hybridized carbons (Fsp3) is 0.360. The van der Waals surface area contributed by atoms with Crippen LogP contribution in [0.2, 0.25) is 0 Å². The van der Waals surface area contributed by atoms with E-state index in [0.717, 1.165) is 44.9 Å². The van der Waals surface area contributed by atoms with E-state index >= 15 is 0 Å². The highest BCUT2D eigenvalue weighted by Crippen LogP contribution is 2.28. The zero-order chi connectivity index (χ0) is 23.2. The molecule has 1 N–H and O–H groups in total. The first-order valence-corrected chi connectivity index (χ1v) is 11.0. The molecule has 0 saturated heterocycles. The molecule has 0 bridgehead atoms. The molecular formula is C25H30N6O. The lowest BCUT2D eigenvalue weighted by Crippen LogP contribution is -2.27. The molecule has 7 nitrogen and oxygen atoms in total. The summed E-state index contributed by atoms with van der Waals surface area (Å²) in [6, 6.07) is 9.89. The van der Waals surface area contributed by atoms with Gasteiger partial charge in [0.25, 0.3) is 5.91 Å². The number of carbonyl (C=O) groups is 1. The molecule has 0 aliphatic rings. The number of nitrogens with one attached hydrogen (secondary N) is 1. The number of nitrogens with zero attached hydrogens (tertiary/aromatic N) is 5. The smallest absolute Gasteiger partial charge is 0.252 e. The molecule has 1 atom stereocenters.